The normalized spacial score (nSPS) is 10.6. The van der Waals surface area contributed by atoms with E-state index in [1.807, 2.05) is 56.3 Å². The zero-order valence-electron chi connectivity index (χ0n) is 12.3. The second-order valence-corrected chi connectivity index (χ2v) is 5.36. The van der Waals surface area contributed by atoms with Crippen LogP contribution in [0.15, 0.2) is 42.5 Å². The third-order valence-corrected chi connectivity index (χ3v) is 3.07. The molecule has 21 heavy (non-hydrogen) atoms. The van der Waals surface area contributed by atoms with E-state index in [0.717, 1.165) is 16.3 Å². The molecule has 0 saturated carbocycles. The van der Waals surface area contributed by atoms with Crippen molar-refractivity contribution in [3.8, 4) is 0 Å². The molecule has 2 aromatic carbocycles. The van der Waals surface area contributed by atoms with Crippen LogP contribution in [-0.4, -0.2) is 24.4 Å². The summed E-state index contributed by atoms with van der Waals surface area (Å²) in [6.07, 6.45) is 0.278. The minimum atomic E-state index is -0.170. The van der Waals surface area contributed by atoms with Gasteiger partial charge >= 0.3 is 0 Å². The lowest BCUT2D eigenvalue weighted by Crippen LogP contribution is -2.40. The van der Waals surface area contributed by atoms with E-state index >= 15 is 0 Å². The van der Waals surface area contributed by atoms with Crippen molar-refractivity contribution in [1.82, 2.24) is 10.6 Å². The first-order chi connectivity index (χ1) is 10.0. The predicted molar refractivity (Wildman–Crippen MR) is 83.9 cm³/mol. The molecule has 0 unspecified atom stereocenters. The van der Waals surface area contributed by atoms with E-state index in [0.29, 0.717) is 0 Å². The van der Waals surface area contributed by atoms with E-state index in [1.54, 1.807) is 0 Å². The highest BCUT2D eigenvalue weighted by atomic mass is 16.2. The maximum atomic E-state index is 11.8. The highest BCUT2D eigenvalue weighted by molar-refractivity contribution is 5.87. The maximum absolute atomic E-state index is 11.8. The summed E-state index contributed by atoms with van der Waals surface area (Å²) in [6.45, 7) is 3.79. The quantitative estimate of drug-likeness (QED) is 0.882. The molecule has 0 aliphatic carbocycles. The first kappa shape index (κ1) is 15.0. The van der Waals surface area contributed by atoms with Gasteiger partial charge in [0.15, 0.2) is 0 Å². The van der Waals surface area contributed by atoms with Gasteiger partial charge in [0.2, 0.25) is 11.8 Å². The lowest BCUT2D eigenvalue weighted by Gasteiger charge is -2.09. The number of carbonyl (C=O) groups is 2. The van der Waals surface area contributed by atoms with Gasteiger partial charge in [-0.3, -0.25) is 9.59 Å². The molecule has 110 valence electrons. The van der Waals surface area contributed by atoms with Crippen LogP contribution in [0, 0.1) is 0 Å². The van der Waals surface area contributed by atoms with E-state index in [1.165, 1.54) is 0 Å². The minimum Gasteiger partial charge on any atom is -0.352 e. The fourth-order valence-electron chi connectivity index (χ4n) is 2.15. The molecule has 0 saturated heterocycles. The van der Waals surface area contributed by atoms with Crippen LogP contribution in [0.25, 0.3) is 10.8 Å². The first-order valence-electron chi connectivity index (χ1n) is 7.08. The Bertz CT molecular complexity index is 650. The van der Waals surface area contributed by atoms with Gasteiger partial charge in [-0.2, -0.15) is 0 Å². The predicted octanol–water partition coefficient (Wildman–Crippen LogP) is 2.02. The van der Waals surface area contributed by atoms with Gasteiger partial charge in [0.05, 0.1) is 13.0 Å². The largest absolute Gasteiger partial charge is 0.352 e. The standard InChI is InChI=1S/C17H20N2O2/c1-12(2)19-17(21)11-18-16(20)10-13-7-8-14-5-3-4-6-15(14)9-13/h3-9,12H,10-11H2,1-2H3,(H,18,20)(H,19,21). The van der Waals surface area contributed by atoms with Gasteiger partial charge in [-0.05, 0) is 30.2 Å². The minimum absolute atomic E-state index is 0.0184. The summed E-state index contributed by atoms with van der Waals surface area (Å²) in [5, 5.41) is 7.63. The fourth-order valence-corrected chi connectivity index (χ4v) is 2.15. The van der Waals surface area contributed by atoms with Crippen LogP contribution >= 0.6 is 0 Å². The number of amides is 2. The number of rotatable bonds is 5. The van der Waals surface area contributed by atoms with E-state index < -0.39 is 0 Å². The Morgan fingerprint density at radius 2 is 1.71 bits per heavy atom. The summed E-state index contributed by atoms with van der Waals surface area (Å²) in [6, 6.07) is 14.0. The van der Waals surface area contributed by atoms with E-state index in [4.69, 9.17) is 0 Å². The molecule has 4 heteroatoms. The van der Waals surface area contributed by atoms with Crippen molar-refractivity contribution in [3.05, 3.63) is 48.0 Å². The highest BCUT2D eigenvalue weighted by Gasteiger charge is 2.07. The molecule has 0 aliphatic heterocycles. The second kappa shape index (κ2) is 6.88. The van der Waals surface area contributed by atoms with E-state index in [2.05, 4.69) is 10.6 Å². The molecule has 0 bridgehead atoms. The van der Waals surface area contributed by atoms with Crippen molar-refractivity contribution in [1.29, 1.82) is 0 Å². The zero-order valence-corrected chi connectivity index (χ0v) is 12.3. The summed E-state index contributed by atoms with van der Waals surface area (Å²) in [4.78, 5) is 23.3. The third kappa shape index (κ3) is 4.60. The molecule has 2 amide bonds. The molecule has 0 spiro atoms. The Hall–Kier alpha value is -2.36. The number of hydrogen-bond acceptors (Lipinski definition) is 2. The van der Waals surface area contributed by atoms with Crippen molar-refractivity contribution >= 4 is 22.6 Å². The third-order valence-electron chi connectivity index (χ3n) is 3.07. The summed E-state index contributed by atoms with van der Waals surface area (Å²) in [5.41, 5.74) is 0.940. The molecule has 2 rings (SSSR count). The highest BCUT2D eigenvalue weighted by Crippen LogP contribution is 2.15. The Kier molecular flexibility index (Phi) is 4.93. The SMILES string of the molecule is CC(C)NC(=O)CNC(=O)Cc1ccc2ccccc2c1. The topological polar surface area (TPSA) is 58.2 Å². The van der Waals surface area contributed by atoms with Gasteiger partial charge in [-0.1, -0.05) is 42.5 Å². The van der Waals surface area contributed by atoms with Crippen LogP contribution in [0.1, 0.15) is 19.4 Å². The van der Waals surface area contributed by atoms with Crippen LogP contribution in [0.3, 0.4) is 0 Å². The van der Waals surface area contributed by atoms with Crippen molar-refractivity contribution in [2.45, 2.75) is 26.3 Å². The lowest BCUT2D eigenvalue weighted by molar-refractivity contribution is -0.126. The molecular formula is C17H20N2O2. The van der Waals surface area contributed by atoms with Crippen molar-refractivity contribution in [3.63, 3.8) is 0 Å². The van der Waals surface area contributed by atoms with Gasteiger partial charge < -0.3 is 10.6 Å². The van der Waals surface area contributed by atoms with Crippen molar-refractivity contribution in [2.24, 2.45) is 0 Å². The average molecular weight is 284 g/mol. The molecular weight excluding hydrogens is 264 g/mol. The Morgan fingerprint density at radius 1 is 1.00 bits per heavy atom. The number of hydrogen-bond donors (Lipinski definition) is 2. The Morgan fingerprint density at radius 3 is 2.43 bits per heavy atom. The van der Waals surface area contributed by atoms with Gasteiger partial charge in [0.25, 0.3) is 0 Å². The van der Waals surface area contributed by atoms with Crippen LogP contribution < -0.4 is 10.6 Å². The van der Waals surface area contributed by atoms with Crippen molar-refractivity contribution in [2.75, 3.05) is 6.54 Å². The Balaban J connectivity index is 1.90. The zero-order chi connectivity index (χ0) is 15.2. The molecule has 2 aromatic rings. The molecule has 4 nitrogen and oxygen atoms in total. The summed E-state index contributed by atoms with van der Waals surface area (Å²) in [7, 11) is 0. The fraction of sp³-hybridized carbons (Fsp3) is 0.294. The second-order valence-electron chi connectivity index (χ2n) is 5.36. The number of benzene rings is 2. The van der Waals surface area contributed by atoms with Crippen molar-refractivity contribution < 1.29 is 9.59 Å². The molecule has 0 fully saturated rings. The Labute approximate surface area is 124 Å². The van der Waals surface area contributed by atoms with Gasteiger partial charge in [0, 0.05) is 6.04 Å². The average Bonchev–Trinajstić information content (AvgIpc) is 2.44. The smallest absolute Gasteiger partial charge is 0.239 e. The number of carbonyl (C=O) groups excluding carboxylic acids is 2. The van der Waals surface area contributed by atoms with E-state index in [9.17, 15) is 9.59 Å². The molecule has 0 aromatic heterocycles. The summed E-state index contributed by atoms with van der Waals surface area (Å²) in [5.74, 6) is -0.318. The first-order valence-corrected chi connectivity index (χ1v) is 7.08. The van der Waals surface area contributed by atoms with Crippen LogP contribution in [0.2, 0.25) is 0 Å². The van der Waals surface area contributed by atoms with E-state index in [-0.39, 0.29) is 30.8 Å². The van der Waals surface area contributed by atoms with Crippen LogP contribution in [0.5, 0.6) is 0 Å². The summed E-state index contributed by atoms with van der Waals surface area (Å²) < 4.78 is 0. The molecule has 0 heterocycles. The van der Waals surface area contributed by atoms with Crippen LogP contribution in [0.4, 0.5) is 0 Å². The molecule has 0 atom stereocenters. The van der Waals surface area contributed by atoms with Gasteiger partial charge in [-0.25, -0.2) is 0 Å². The molecule has 2 N–H and O–H groups in total. The molecule has 0 radical (unpaired) electrons. The number of nitrogens with one attached hydrogen (secondary N) is 2. The van der Waals surface area contributed by atoms with Crippen LogP contribution in [-0.2, 0) is 16.0 Å². The van der Waals surface area contributed by atoms with Gasteiger partial charge in [-0.15, -0.1) is 0 Å². The molecule has 0 aliphatic rings. The monoisotopic (exact) mass is 284 g/mol. The van der Waals surface area contributed by atoms with Gasteiger partial charge in [0.1, 0.15) is 0 Å². The lowest BCUT2D eigenvalue weighted by atomic mass is 10.1. The maximum Gasteiger partial charge on any atom is 0.239 e. The summed E-state index contributed by atoms with van der Waals surface area (Å²) >= 11 is 0. The number of fused-ring (bicyclic) bond motifs is 1.